The van der Waals surface area contributed by atoms with E-state index in [0.717, 1.165) is 32.5 Å². The SMILES string of the molecule is CCc1ccc(CN2C[C@@H](Cc3ccncc3)[C@@H](O)C2)s1. The largest absolute Gasteiger partial charge is 0.391 e. The quantitative estimate of drug-likeness (QED) is 0.922. The molecule has 1 saturated heterocycles. The highest BCUT2D eigenvalue weighted by molar-refractivity contribution is 7.11. The Morgan fingerprint density at radius 3 is 2.67 bits per heavy atom. The molecule has 0 saturated carbocycles. The van der Waals surface area contributed by atoms with Gasteiger partial charge in [-0.2, -0.15) is 0 Å². The summed E-state index contributed by atoms with van der Waals surface area (Å²) in [7, 11) is 0. The maximum absolute atomic E-state index is 10.3. The molecule has 0 spiro atoms. The maximum Gasteiger partial charge on any atom is 0.0710 e. The van der Waals surface area contributed by atoms with Crippen LogP contribution in [0.25, 0.3) is 0 Å². The van der Waals surface area contributed by atoms with E-state index in [2.05, 4.69) is 28.9 Å². The minimum absolute atomic E-state index is 0.219. The molecule has 0 bridgehead atoms. The van der Waals surface area contributed by atoms with E-state index in [1.807, 2.05) is 35.9 Å². The smallest absolute Gasteiger partial charge is 0.0710 e. The van der Waals surface area contributed by atoms with Crippen LogP contribution in [-0.2, 0) is 19.4 Å². The predicted octanol–water partition coefficient (Wildman–Crippen LogP) is 2.74. The molecule has 1 N–H and O–H groups in total. The minimum Gasteiger partial charge on any atom is -0.391 e. The Morgan fingerprint density at radius 1 is 1.19 bits per heavy atom. The Morgan fingerprint density at radius 2 is 1.95 bits per heavy atom. The molecule has 2 atom stereocenters. The molecule has 0 unspecified atom stereocenters. The molecular weight excluding hydrogens is 280 g/mol. The van der Waals surface area contributed by atoms with Crippen LogP contribution in [0.15, 0.2) is 36.7 Å². The summed E-state index contributed by atoms with van der Waals surface area (Å²) in [6.45, 7) is 4.92. The van der Waals surface area contributed by atoms with Crippen molar-refractivity contribution in [3.63, 3.8) is 0 Å². The highest BCUT2D eigenvalue weighted by atomic mass is 32.1. The number of rotatable bonds is 5. The highest BCUT2D eigenvalue weighted by Gasteiger charge is 2.31. The van der Waals surface area contributed by atoms with Gasteiger partial charge in [0.05, 0.1) is 6.10 Å². The summed E-state index contributed by atoms with van der Waals surface area (Å²) in [4.78, 5) is 9.27. The fraction of sp³-hybridized carbons (Fsp3) is 0.471. The van der Waals surface area contributed by atoms with E-state index >= 15 is 0 Å². The molecule has 0 amide bonds. The molecule has 3 rings (SSSR count). The van der Waals surface area contributed by atoms with Crippen LogP contribution >= 0.6 is 11.3 Å². The maximum atomic E-state index is 10.3. The lowest BCUT2D eigenvalue weighted by Crippen LogP contribution is -2.20. The number of aliphatic hydroxyl groups excluding tert-OH is 1. The van der Waals surface area contributed by atoms with E-state index in [1.165, 1.54) is 15.3 Å². The average molecular weight is 302 g/mol. The monoisotopic (exact) mass is 302 g/mol. The number of thiophene rings is 1. The molecule has 0 aromatic carbocycles. The van der Waals surface area contributed by atoms with E-state index in [0.29, 0.717) is 5.92 Å². The van der Waals surface area contributed by atoms with Crippen molar-refractivity contribution in [2.24, 2.45) is 5.92 Å². The number of aromatic nitrogens is 1. The Balaban J connectivity index is 1.58. The van der Waals surface area contributed by atoms with Crippen molar-refractivity contribution in [1.29, 1.82) is 0 Å². The number of nitrogens with zero attached hydrogens (tertiary/aromatic N) is 2. The molecular formula is C17H22N2OS. The summed E-state index contributed by atoms with van der Waals surface area (Å²) >= 11 is 1.89. The van der Waals surface area contributed by atoms with Gasteiger partial charge in [0.1, 0.15) is 0 Å². The molecule has 3 heterocycles. The lowest BCUT2D eigenvalue weighted by atomic mass is 9.97. The predicted molar refractivity (Wildman–Crippen MR) is 86.4 cm³/mol. The van der Waals surface area contributed by atoms with Crippen LogP contribution in [0, 0.1) is 5.92 Å². The van der Waals surface area contributed by atoms with Gasteiger partial charge in [0.25, 0.3) is 0 Å². The van der Waals surface area contributed by atoms with Crippen LogP contribution in [0.2, 0.25) is 0 Å². The molecule has 1 aliphatic rings. The lowest BCUT2D eigenvalue weighted by molar-refractivity contribution is 0.141. The molecule has 1 aliphatic heterocycles. The van der Waals surface area contributed by atoms with Crippen LogP contribution in [0.3, 0.4) is 0 Å². The average Bonchev–Trinajstić information content (AvgIpc) is 3.08. The van der Waals surface area contributed by atoms with E-state index < -0.39 is 0 Å². The van der Waals surface area contributed by atoms with Gasteiger partial charge in [-0.25, -0.2) is 0 Å². The van der Waals surface area contributed by atoms with Crippen LogP contribution in [-0.4, -0.2) is 34.2 Å². The van der Waals surface area contributed by atoms with Crippen LogP contribution in [0.1, 0.15) is 22.2 Å². The number of aryl methyl sites for hydroxylation is 1. The van der Waals surface area contributed by atoms with Gasteiger partial charge in [-0.05, 0) is 42.7 Å². The second-order valence-corrected chi connectivity index (χ2v) is 7.06. The van der Waals surface area contributed by atoms with Crippen LogP contribution in [0.5, 0.6) is 0 Å². The van der Waals surface area contributed by atoms with Gasteiger partial charge in [-0.3, -0.25) is 9.88 Å². The van der Waals surface area contributed by atoms with E-state index in [1.54, 1.807) is 0 Å². The summed E-state index contributed by atoms with van der Waals surface area (Å²) in [6.07, 6.45) is 5.48. The van der Waals surface area contributed by atoms with Crippen molar-refractivity contribution in [2.75, 3.05) is 13.1 Å². The van der Waals surface area contributed by atoms with Crippen molar-refractivity contribution in [3.8, 4) is 0 Å². The second kappa shape index (κ2) is 6.69. The fourth-order valence-corrected chi connectivity index (χ4v) is 4.01. The normalized spacial score (nSPS) is 22.8. The van der Waals surface area contributed by atoms with Crippen molar-refractivity contribution in [1.82, 2.24) is 9.88 Å². The Bertz CT molecular complexity index is 569. The fourth-order valence-electron chi connectivity index (χ4n) is 3.01. The Kier molecular flexibility index (Phi) is 4.68. The molecule has 0 aliphatic carbocycles. The molecule has 21 heavy (non-hydrogen) atoms. The number of likely N-dealkylation sites (tertiary alicyclic amines) is 1. The molecule has 3 nitrogen and oxygen atoms in total. The van der Waals surface area contributed by atoms with E-state index in [9.17, 15) is 5.11 Å². The van der Waals surface area contributed by atoms with Gasteiger partial charge in [0.2, 0.25) is 0 Å². The third kappa shape index (κ3) is 3.70. The standard InChI is InChI=1S/C17H22N2OS/c1-2-15-3-4-16(21-15)11-19-10-14(17(20)12-19)9-13-5-7-18-8-6-13/h3-8,14,17,20H,2,9-12H2,1H3/t14-,17+/m1/s1. The van der Waals surface area contributed by atoms with E-state index in [-0.39, 0.29) is 6.10 Å². The summed E-state index contributed by atoms with van der Waals surface area (Å²) in [5, 5.41) is 10.3. The van der Waals surface area contributed by atoms with Crippen molar-refractivity contribution >= 4 is 11.3 Å². The molecule has 112 valence electrons. The third-order valence-electron chi connectivity index (χ3n) is 4.17. The minimum atomic E-state index is -0.219. The van der Waals surface area contributed by atoms with Crippen LogP contribution in [0.4, 0.5) is 0 Å². The summed E-state index contributed by atoms with van der Waals surface area (Å²) in [6, 6.07) is 8.54. The third-order valence-corrected chi connectivity index (χ3v) is 5.39. The topological polar surface area (TPSA) is 36.4 Å². The lowest BCUT2D eigenvalue weighted by Gasteiger charge is -2.14. The first-order chi connectivity index (χ1) is 10.2. The van der Waals surface area contributed by atoms with Gasteiger partial charge in [-0.1, -0.05) is 6.92 Å². The van der Waals surface area contributed by atoms with Gasteiger partial charge in [0, 0.05) is 47.7 Å². The molecule has 4 heteroatoms. The van der Waals surface area contributed by atoms with Gasteiger partial charge >= 0.3 is 0 Å². The number of pyridine rings is 1. The first-order valence-corrected chi connectivity index (χ1v) is 8.43. The van der Waals surface area contributed by atoms with Crippen molar-refractivity contribution in [3.05, 3.63) is 52.0 Å². The van der Waals surface area contributed by atoms with Crippen molar-refractivity contribution in [2.45, 2.75) is 32.4 Å². The van der Waals surface area contributed by atoms with Gasteiger partial charge < -0.3 is 5.11 Å². The zero-order chi connectivity index (χ0) is 14.7. The first kappa shape index (κ1) is 14.7. The molecule has 2 aromatic heterocycles. The Labute approximate surface area is 130 Å². The summed E-state index contributed by atoms with van der Waals surface area (Å²) in [5.41, 5.74) is 1.26. The molecule has 0 radical (unpaired) electrons. The number of hydrogen-bond acceptors (Lipinski definition) is 4. The summed E-state index contributed by atoms with van der Waals surface area (Å²) < 4.78 is 0. The van der Waals surface area contributed by atoms with Crippen molar-refractivity contribution < 1.29 is 5.11 Å². The number of hydrogen-bond donors (Lipinski definition) is 1. The Hall–Kier alpha value is -1.23. The number of aliphatic hydroxyl groups is 1. The molecule has 1 fully saturated rings. The summed E-state index contributed by atoms with van der Waals surface area (Å²) in [5.74, 6) is 0.331. The van der Waals surface area contributed by atoms with Crippen LogP contribution < -0.4 is 0 Å². The zero-order valence-corrected chi connectivity index (χ0v) is 13.2. The zero-order valence-electron chi connectivity index (χ0n) is 12.4. The van der Waals surface area contributed by atoms with Gasteiger partial charge in [0.15, 0.2) is 0 Å². The first-order valence-electron chi connectivity index (χ1n) is 7.61. The van der Waals surface area contributed by atoms with E-state index in [4.69, 9.17) is 0 Å². The molecule has 2 aromatic rings. The number of β-amino-alcohol motifs (C(OH)–C–C–N with tert-alkyl or cyclic N) is 1. The van der Waals surface area contributed by atoms with Gasteiger partial charge in [-0.15, -0.1) is 11.3 Å². The highest BCUT2D eigenvalue weighted by Crippen LogP contribution is 2.25. The second-order valence-electron chi connectivity index (χ2n) is 5.80.